The molecule has 0 saturated carbocycles. The fourth-order valence-electron chi connectivity index (χ4n) is 2.80. The lowest BCUT2D eigenvalue weighted by molar-refractivity contribution is 0.900. The third-order valence-electron chi connectivity index (χ3n) is 3.73. The van der Waals surface area contributed by atoms with Crippen molar-refractivity contribution >= 4 is 17.0 Å². The molecular weight excluding hydrogens is 252 g/mol. The van der Waals surface area contributed by atoms with Crippen LogP contribution < -0.4 is 11.3 Å². The average Bonchev–Trinajstić information content (AvgIpc) is 2.45. The second-order valence-electron chi connectivity index (χ2n) is 4.96. The highest BCUT2D eigenvalue weighted by Gasteiger charge is 2.18. The summed E-state index contributed by atoms with van der Waals surface area (Å²) in [4.78, 5) is 23.1. The van der Waals surface area contributed by atoms with E-state index in [1.807, 2.05) is 18.2 Å². The Hall–Kier alpha value is -2.69. The number of aromatic nitrogens is 3. The quantitative estimate of drug-likeness (QED) is 0.646. The van der Waals surface area contributed by atoms with Crippen LogP contribution in [-0.4, -0.2) is 15.0 Å². The molecule has 98 valence electrons. The number of hydrogen-bond donors (Lipinski definition) is 2. The molecule has 3 aromatic rings. The van der Waals surface area contributed by atoms with Crippen LogP contribution in [0.15, 0.2) is 35.1 Å². The predicted octanol–water partition coefficient (Wildman–Crippen LogP) is 1.67. The van der Waals surface area contributed by atoms with E-state index in [0.29, 0.717) is 11.0 Å². The van der Waals surface area contributed by atoms with Crippen molar-refractivity contribution in [3.8, 4) is 11.1 Å². The zero-order valence-corrected chi connectivity index (χ0v) is 10.7. The summed E-state index contributed by atoms with van der Waals surface area (Å²) in [5.41, 5.74) is 10.2. The SMILES string of the molecule is Nc1nc2nc3c(cc2c(=O)[nH]1)-c1ccccc1CC3. The van der Waals surface area contributed by atoms with Crippen molar-refractivity contribution in [2.24, 2.45) is 0 Å². The van der Waals surface area contributed by atoms with Crippen molar-refractivity contribution in [2.45, 2.75) is 12.8 Å². The minimum absolute atomic E-state index is 0.103. The lowest BCUT2D eigenvalue weighted by Crippen LogP contribution is -2.14. The van der Waals surface area contributed by atoms with E-state index >= 15 is 0 Å². The van der Waals surface area contributed by atoms with Crippen molar-refractivity contribution in [3.05, 3.63) is 51.9 Å². The van der Waals surface area contributed by atoms with Crippen molar-refractivity contribution < 1.29 is 0 Å². The third kappa shape index (κ3) is 1.53. The fourth-order valence-corrected chi connectivity index (χ4v) is 2.80. The van der Waals surface area contributed by atoms with E-state index in [1.54, 1.807) is 0 Å². The first kappa shape index (κ1) is 11.2. The number of nitrogens with zero attached hydrogens (tertiary/aromatic N) is 2. The van der Waals surface area contributed by atoms with Gasteiger partial charge in [-0.25, -0.2) is 4.98 Å². The summed E-state index contributed by atoms with van der Waals surface area (Å²) < 4.78 is 0. The molecule has 5 nitrogen and oxygen atoms in total. The van der Waals surface area contributed by atoms with Crippen molar-refractivity contribution in [1.82, 2.24) is 15.0 Å². The normalized spacial score (nSPS) is 13.0. The Bertz CT molecular complexity index is 898. The minimum Gasteiger partial charge on any atom is -0.369 e. The Morgan fingerprint density at radius 1 is 1.10 bits per heavy atom. The number of aryl methyl sites for hydroxylation is 2. The molecule has 3 N–H and O–H groups in total. The molecule has 0 spiro atoms. The number of aromatic amines is 1. The molecular formula is C15H12N4O. The smallest absolute Gasteiger partial charge is 0.261 e. The van der Waals surface area contributed by atoms with Crippen LogP contribution in [0.2, 0.25) is 0 Å². The highest BCUT2D eigenvalue weighted by atomic mass is 16.1. The van der Waals surface area contributed by atoms with Gasteiger partial charge in [-0.05, 0) is 30.0 Å². The molecule has 2 aromatic heterocycles. The highest BCUT2D eigenvalue weighted by Crippen LogP contribution is 2.33. The summed E-state index contributed by atoms with van der Waals surface area (Å²) in [6.07, 6.45) is 1.82. The zero-order chi connectivity index (χ0) is 13.7. The minimum atomic E-state index is -0.245. The van der Waals surface area contributed by atoms with Gasteiger partial charge in [0.2, 0.25) is 5.95 Å². The molecule has 0 unspecified atom stereocenters. The maximum absolute atomic E-state index is 12.0. The molecule has 0 amide bonds. The molecule has 0 radical (unpaired) electrons. The Labute approximate surface area is 114 Å². The van der Waals surface area contributed by atoms with Crippen LogP contribution in [0.5, 0.6) is 0 Å². The van der Waals surface area contributed by atoms with Gasteiger partial charge in [0.25, 0.3) is 5.56 Å². The van der Waals surface area contributed by atoms with Gasteiger partial charge in [0.1, 0.15) is 0 Å². The molecule has 5 heteroatoms. The van der Waals surface area contributed by atoms with Crippen molar-refractivity contribution in [1.29, 1.82) is 0 Å². The number of H-pyrrole nitrogens is 1. The molecule has 0 aliphatic heterocycles. The molecule has 0 atom stereocenters. The van der Waals surface area contributed by atoms with Crippen LogP contribution in [0.3, 0.4) is 0 Å². The van der Waals surface area contributed by atoms with Gasteiger partial charge in [-0.15, -0.1) is 0 Å². The number of benzene rings is 1. The number of rotatable bonds is 0. The maximum atomic E-state index is 12.0. The van der Waals surface area contributed by atoms with Gasteiger partial charge >= 0.3 is 0 Å². The number of fused-ring (bicyclic) bond motifs is 4. The molecule has 2 heterocycles. The predicted molar refractivity (Wildman–Crippen MR) is 77.4 cm³/mol. The molecule has 1 aromatic carbocycles. The van der Waals surface area contributed by atoms with E-state index in [1.165, 1.54) is 5.56 Å². The van der Waals surface area contributed by atoms with E-state index in [0.717, 1.165) is 29.7 Å². The lowest BCUT2D eigenvalue weighted by atomic mass is 9.88. The fraction of sp³-hybridized carbons (Fsp3) is 0.133. The van der Waals surface area contributed by atoms with E-state index in [-0.39, 0.29) is 11.5 Å². The van der Waals surface area contributed by atoms with Crippen LogP contribution in [-0.2, 0) is 12.8 Å². The largest absolute Gasteiger partial charge is 0.369 e. The van der Waals surface area contributed by atoms with Gasteiger partial charge in [-0.3, -0.25) is 9.78 Å². The topological polar surface area (TPSA) is 84.7 Å². The summed E-state index contributed by atoms with van der Waals surface area (Å²) in [5, 5.41) is 0.481. The van der Waals surface area contributed by atoms with E-state index in [4.69, 9.17) is 5.73 Å². The number of hydrogen-bond acceptors (Lipinski definition) is 4. The molecule has 20 heavy (non-hydrogen) atoms. The first-order valence-corrected chi connectivity index (χ1v) is 6.50. The number of anilines is 1. The first-order chi connectivity index (χ1) is 9.72. The van der Waals surface area contributed by atoms with E-state index in [2.05, 4.69) is 27.1 Å². The van der Waals surface area contributed by atoms with E-state index in [9.17, 15) is 4.79 Å². The van der Waals surface area contributed by atoms with Gasteiger partial charge in [-0.2, -0.15) is 4.98 Å². The molecule has 1 aliphatic carbocycles. The molecule has 0 saturated heterocycles. The summed E-state index contributed by atoms with van der Waals surface area (Å²) in [7, 11) is 0. The first-order valence-electron chi connectivity index (χ1n) is 6.50. The number of nitrogens with one attached hydrogen (secondary N) is 1. The third-order valence-corrected chi connectivity index (χ3v) is 3.73. The second-order valence-corrected chi connectivity index (χ2v) is 4.96. The molecule has 4 rings (SSSR count). The summed E-state index contributed by atoms with van der Waals surface area (Å²) >= 11 is 0. The Kier molecular flexibility index (Phi) is 2.18. The Balaban J connectivity index is 2.09. The standard InChI is InChI=1S/C15H12N4O/c16-15-18-13-11(14(20)19-15)7-10-9-4-2-1-3-8(9)5-6-12(10)17-13/h1-4,7H,5-6H2,(H3,16,17,18,19,20). The van der Waals surface area contributed by atoms with Gasteiger partial charge in [0, 0.05) is 5.56 Å². The Morgan fingerprint density at radius 2 is 1.95 bits per heavy atom. The average molecular weight is 264 g/mol. The number of pyridine rings is 1. The van der Waals surface area contributed by atoms with Crippen LogP contribution in [0.1, 0.15) is 11.3 Å². The van der Waals surface area contributed by atoms with Crippen LogP contribution >= 0.6 is 0 Å². The van der Waals surface area contributed by atoms with Crippen LogP contribution in [0.4, 0.5) is 5.95 Å². The lowest BCUT2D eigenvalue weighted by Gasteiger charge is -2.19. The van der Waals surface area contributed by atoms with Crippen LogP contribution in [0, 0.1) is 0 Å². The molecule has 0 bridgehead atoms. The van der Waals surface area contributed by atoms with Gasteiger partial charge in [-0.1, -0.05) is 24.3 Å². The summed E-state index contributed by atoms with van der Waals surface area (Å²) in [6, 6.07) is 10.1. The number of nitrogen functional groups attached to an aromatic ring is 1. The van der Waals surface area contributed by atoms with Crippen molar-refractivity contribution in [2.75, 3.05) is 5.73 Å². The molecule has 0 fully saturated rings. The second kappa shape index (κ2) is 3.90. The summed E-state index contributed by atoms with van der Waals surface area (Å²) in [5.74, 6) is 0.103. The van der Waals surface area contributed by atoms with E-state index < -0.39 is 0 Å². The highest BCUT2D eigenvalue weighted by molar-refractivity contribution is 5.84. The van der Waals surface area contributed by atoms with Crippen LogP contribution in [0.25, 0.3) is 22.2 Å². The number of nitrogens with two attached hydrogens (primary N) is 1. The van der Waals surface area contributed by atoms with Gasteiger partial charge in [0.05, 0.1) is 11.1 Å². The van der Waals surface area contributed by atoms with Crippen molar-refractivity contribution in [3.63, 3.8) is 0 Å². The zero-order valence-electron chi connectivity index (χ0n) is 10.7. The molecule has 1 aliphatic rings. The maximum Gasteiger partial charge on any atom is 0.261 e. The van der Waals surface area contributed by atoms with Gasteiger partial charge < -0.3 is 5.73 Å². The monoisotopic (exact) mass is 264 g/mol. The Morgan fingerprint density at radius 3 is 2.85 bits per heavy atom. The summed E-state index contributed by atoms with van der Waals surface area (Å²) in [6.45, 7) is 0. The van der Waals surface area contributed by atoms with Gasteiger partial charge in [0.15, 0.2) is 5.65 Å².